The summed E-state index contributed by atoms with van der Waals surface area (Å²) in [7, 11) is 0. The van der Waals surface area contributed by atoms with Crippen molar-refractivity contribution in [2.75, 3.05) is 32.8 Å². The Labute approximate surface area is 258 Å². The van der Waals surface area contributed by atoms with Gasteiger partial charge in [-0.2, -0.15) is 0 Å². The van der Waals surface area contributed by atoms with Crippen LogP contribution in [0.5, 0.6) is 0 Å². The predicted octanol–water partition coefficient (Wildman–Crippen LogP) is 8.89. The molecule has 0 unspecified atom stereocenters. The molecule has 242 valence electrons. The third-order valence-electron chi connectivity index (χ3n) is 13.1. The summed E-state index contributed by atoms with van der Waals surface area (Å²) in [4.78, 5) is 14.6. The number of aliphatic hydroxyl groups excluding tert-OH is 1. The van der Waals surface area contributed by atoms with E-state index in [1.807, 2.05) is 0 Å². The van der Waals surface area contributed by atoms with Gasteiger partial charge in [0.25, 0.3) is 0 Å². The highest BCUT2D eigenvalue weighted by molar-refractivity contribution is 5.60. The van der Waals surface area contributed by atoms with Gasteiger partial charge in [0.2, 0.25) is 0 Å². The van der Waals surface area contributed by atoms with Gasteiger partial charge in [-0.25, -0.2) is 4.79 Å². The average Bonchev–Trinajstić information content (AvgIpc) is 3.31. The molecule has 0 aliphatic heterocycles. The van der Waals surface area contributed by atoms with E-state index in [1.165, 1.54) is 51.4 Å². The van der Waals surface area contributed by atoms with Gasteiger partial charge in [-0.15, -0.1) is 0 Å². The second-order valence-corrected chi connectivity index (χ2v) is 15.6. The smallest absolute Gasteiger partial charge is 0.433 e. The lowest BCUT2D eigenvalue weighted by atomic mass is 9.47. The van der Waals surface area contributed by atoms with Gasteiger partial charge in [0.1, 0.15) is 12.7 Å². The number of nitrogens with zero attached hydrogens (tertiary/aromatic N) is 1. The minimum Gasteiger partial charge on any atom is -0.433 e. The van der Waals surface area contributed by atoms with Crippen molar-refractivity contribution in [3.63, 3.8) is 0 Å². The van der Waals surface area contributed by atoms with Gasteiger partial charge in [-0.05, 0) is 117 Å². The molecular formula is C37H65NO4. The van der Waals surface area contributed by atoms with Crippen LogP contribution in [0.4, 0.5) is 4.79 Å². The maximum Gasteiger partial charge on any atom is 0.508 e. The SMILES string of the molecule is CCCN(CCO)CCOC(=O)O[C@H]1CC[C@@]2(C)C(=CC[C@H]3[C@@H]4CC[C@H]([C@H](C)CC[C@@H](CC)C(C)C)[C@@]4(C)CC[C@@H]32)C1. The molecule has 0 aromatic carbocycles. The Bertz CT molecular complexity index is 896. The molecule has 5 heteroatoms. The summed E-state index contributed by atoms with van der Waals surface area (Å²) in [5, 5.41) is 9.25. The lowest BCUT2D eigenvalue weighted by molar-refractivity contribution is -0.0621. The van der Waals surface area contributed by atoms with Gasteiger partial charge in [0.15, 0.2) is 0 Å². The Morgan fingerprint density at radius 3 is 2.50 bits per heavy atom. The fraction of sp³-hybridized carbons (Fsp3) is 0.919. The van der Waals surface area contributed by atoms with E-state index in [-0.39, 0.29) is 18.1 Å². The first-order valence-corrected chi connectivity index (χ1v) is 17.9. The standard InChI is InChI=1S/C37H65NO4/c1-8-20-38(21-23-39)22-24-41-35(40)42-30-16-18-36(6)29(25-30)12-13-31-33-15-14-32(37(33,7)19-17-34(31)36)27(5)10-11-28(9-2)26(3)4/h12,26-28,30-34,39H,8-11,13-25H2,1-7H3/t27-,28-,30+,31+,32-,33+,34+,36+,37-/m1/s1. The van der Waals surface area contributed by atoms with Crippen LogP contribution in [0, 0.1) is 52.3 Å². The van der Waals surface area contributed by atoms with Crippen molar-refractivity contribution in [2.45, 2.75) is 132 Å². The molecule has 0 aromatic heterocycles. The minimum atomic E-state index is -0.531. The van der Waals surface area contributed by atoms with E-state index in [4.69, 9.17) is 9.47 Å². The predicted molar refractivity (Wildman–Crippen MR) is 172 cm³/mol. The molecule has 4 aliphatic rings. The number of rotatable bonds is 14. The molecule has 4 aliphatic carbocycles. The zero-order valence-electron chi connectivity index (χ0n) is 28.3. The van der Waals surface area contributed by atoms with E-state index in [0.717, 1.165) is 73.7 Å². The van der Waals surface area contributed by atoms with Crippen LogP contribution in [-0.4, -0.2) is 55.1 Å². The zero-order valence-corrected chi connectivity index (χ0v) is 28.3. The van der Waals surface area contributed by atoms with Crippen LogP contribution in [0.1, 0.15) is 126 Å². The normalized spacial score (nSPS) is 35.7. The van der Waals surface area contributed by atoms with E-state index in [2.05, 4.69) is 59.4 Å². The molecule has 3 saturated carbocycles. The Balaban J connectivity index is 1.32. The van der Waals surface area contributed by atoms with E-state index >= 15 is 0 Å². The number of aliphatic hydroxyl groups is 1. The molecule has 4 rings (SSSR count). The van der Waals surface area contributed by atoms with Crippen LogP contribution in [0.15, 0.2) is 11.6 Å². The van der Waals surface area contributed by atoms with E-state index in [0.29, 0.717) is 25.1 Å². The zero-order chi connectivity index (χ0) is 30.5. The second-order valence-electron chi connectivity index (χ2n) is 15.6. The fourth-order valence-electron chi connectivity index (χ4n) is 10.6. The molecule has 5 nitrogen and oxygen atoms in total. The molecule has 0 bridgehead atoms. The molecule has 1 N–H and O–H groups in total. The first-order valence-electron chi connectivity index (χ1n) is 17.9. The van der Waals surface area contributed by atoms with E-state index in [1.54, 1.807) is 5.57 Å². The summed E-state index contributed by atoms with van der Waals surface area (Å²) in [6, 6.07) is 0. The highest BCUT2D eigenvalue weighted by atomic mass is 16.7. The number of fused-ring (bicyclic) bond motifs is 5. The number of carbonyl (C=O) groups excluding carboxylic acids is 1. The first kappa shape index (κ1) is 33.8. The third kappa shape index (κ3) is 7.24. The Kier molecular flexibility index (Phi) is 11.9. The number of hydrogen-bond acceptors (Lipinski definition) is 5. The minimum absolute atomic E-state index is 0.0686. The number of carbonyl (C=O) groups is 1. The van der Waals surface area contributed by atoms with Crippen molar-refractivity contribution < 1.29 is 19.4 Å². The van der Waals surface area contributed by atoms with Crippen molar-refractivity contribution in [3.05, 3.63) is 11.6 Å². The molecule has 0 spiro atoms. The topological polar surface area (TPSA) is 59.0 Å². The largest absolute Gasteiger partial charge is 0.508 e. The summed E-state index contributed by atoms with van der Waals surface area (Å²) in [5.41, 5.74) is 2.32. The molecule has 0 saturated heterocycles. The summed E-state index contributed by atoms with van der Waals surface area (Å²) in [6.07, 6.45) is 16.9. The van der Waals surface area contributed by atoms with Gasteiger partial charge in [-0.3, -0.25) is 4.90 Å². The molecule has 0 amide bonds. The lowest BCUT2D eigenvalue weighted by Crippen LogP contribution is -2.51. The molecular weight excluding hydrogens is 522 g/mol. The molecule has 3 fully saturated rings. The van der Waals surface area contributed by atoms with Crippen LogP contribution in [0.25, 0.3) is 0 Å². The average molecular weight is 588 g/mol. The van der Waals surface area contributed by atoms with E-state index in [9.17, 15) is 9.90 Å². The van der Waals surface area contributed by atoms with Crippen molar-refractivity contribution >= 4 is 6.16 Å². The molecule has 0 radical (unpaired) electrons. The molecule has 9 atom stereocenters. The third-order valence-corrected chi connectivity index (χ3v) is 13.1. The highest BCUT2D eigenvalue weighted by Gasteiger charge is 2.59. The molecule has 0 aromatic rings. The summed E-state index contributed by atoms with van der Waals surface area (Å²) < 4.78 is 11.3. The van der Waals surface area contributed by atoms with Crippen LogP contribution in [0.2, 0.25) is 0 Å². The van der Waals surface area contributed by atoms with Crippen molar-refractivity contribution in [3.8, 4) is 0 Å². The summed E-state index contributed by atoms with van der Waals surface area (Å²) in [6.45, 7) is 19.7. The van der Waals surface area contributed by atoms with E-state index < -0.39 is 6.16 Å². The molecule has 0 heterocycles. The maximum absolute atomic E-state index is 12.5. The van der Waals surface area contributed by atoms with Crippen molar-refractivity contribution in [1.29, 1.82) is 0 Å². The van der Waals surface area contributed by atoms with Gasteiger partial charge < -0.3 is 14.6 Å². The van der Waals surface area contributed by atoms with Gasteiger partial charge in [-0.1, -0.05) is 73.0 Å². The Morgan fingerprint density at radius 2 is 1.81 bits per heavy atom. The van der Waals surface area contributed by atoms with Crippen molar-refractivity contribution in [2.24, 2.45) is 52.3 Å². The highest BCUT2D eigenvalue weighted by Crippen LogP contribution is 2.67. The molecule has 42 heavy (non-hydrogen) atoms. The summed E-state index contributed by atoms with van der Waals surface area (Å²) >= 11 is 0. The second kappa shape index (κ2) is 14.8. The maximum atomic E-state index is 12.5. The fourth-order valence-corrected chi connectivity index (χ4v) is 10.6. The van der Waals surface area contributed by atoms with Gasteiger partial charge >= 0.3 is 6.16 Å². The number of ether oxygens (including phenoxy) is 2. The lowest BCUT2D eigenvalue weighted by Gasteiger charge is -2.58. The van der Waals surface area contributed by atoms with Crippen LogP contribution in [0.3, 0.4) is 0 Å². The number of allylic oxidation sites excluding steroid dienone is 1. The summed E-state index contributed by atoms with van der Waals surface area (Å²) in [5.74, 6) is 5.88. The van der Waals surface area contributed by atoms with Gasteiger partial charge in [0, 0.05) is 19.5 Å². The first-order chi connectivity index (χ1) is 20.1. The van der Waals surface area contributed by atoms with Crippen LogP contribution >= 0.6 is 0 Å². The monoisotopic (exact) mass is 587 g/mol. The Hall–Kier alpha value is -1.07. The quantitative estimate of drug-likeness (QED) is 0.162. The van der Waals surface area contributed by atoms with Crippen molar-refractivity contribution in [1.82, 2.24) is 4.90 Å². The Morgan fingerprint density at radius 1 is 1.02 bits per heavy atom. The van der Waals surface area contributed by atoms with Gasteiger partial charge in [0.05, 0.1) is 6.61 Å². The van der Waals surface area contributed by atoms with Crippen LogP contribution in [-0.2, 0) is 9.47 Å². The number of hydrogen-bond donors (Lipinski definition) is 1. The van der Waals surface area contributed by atoms with Crippen LogP contribution < -0.4 is 0 Å².